The maximum atomic E-state index is 11.6. The van der Waals surface area contributed by atoms with Crippen molar-refractivity contribution in [2.45, 2.75) is 27.3 Å². The second-order valence-electron chi connectivity index (χ2n) is 3.68. The predicted octanol–water partition coefficient (Wildman–Crippen LogP) is 1.43. The van der Waals surface area contributed by atoms with Crippen LogP contribution in [0.3, 0.4) is 0 Å². The fourth-order valence-electron chi connectivity index (χ4n) is 1.36. The number of hydrogen-bond donors (Lipinski definition) is 1. The molecule has 78 valence electrons. The summed E-state index contributed by atoms with van der Waals surface area (Å²) >= 11 is 4.20. The lowest BCUT2D eigenvalue weighted by molar-refractivity contribution is 0.500. The van der Waals surface area contributed by atoms with Gasteiger partial charge in [-0.05, 0) is 25.5 Å². The Morgan fingerprint density at radius 1 is 1.57 bits per heavy atom. The molecule has 4 heteroatoms. The third-order valence-electron chi connectivity index (χ3n) is 2.13. The predicted molar refractivity (Wildman–Crippen MR) is 61.0 cm³/mol. The lowest BCUT2D eigenvalue weighted by Crippen LogP contribution is -2.26. The number of aryl methyl sites for hydroxylation is 2. The minimum Gasteiger partial charge on any atom is -0.297 e. The van der Waals surface area contributed by atoms with E-state index in [0.29, 0.717) is 12.5 Å². The van der Waals surface area contributed by atoms with Crippen LogP contribution >= 0.6 is 12.6 Å². The van der Waals surface area contributed by atoms with Gasteiger partial charge in [-0.25, -0.2) is 4.98 Å². The molecule has 0 saturated heterocycles. The highest BCUT2D eigenvalue weighted by Crippen LogP contribution is 2.02. The van der Waals surface area contributed by atoms with Crippen molar-refractivity contribution in [1.29, 1.82) is 0 Å². The van der Waals surface area contributed by atoms with Crippen LogP contribution in [0.2, 0.25) is 0 Å². The SMILES string of the molecule is Cc1cc(=O)n(CC(C)CS)c(C)n1. The summed E-state index contributed by atoms with van der Waals surface area (Å²) in [7, 11) is 0. The van der Waals surface area contributed by atoms with Crippen LogP contribution in [-0.4, -0.2) is 15.3 Å². The van der Waals surface area contributed by atoms with Gasteiger partial charge in [0.15, 0.2) is 0 Å². The van der Waals surface area contributed by atoms with Gasteiger partial charge in [-0.15, -0.1) is 0 Å². The van der Waals surface area contributed by atoms with Crippen molar-refractivity contribution in [2.75, 3.05) is 5.75 Å². The number of hydrogen-bond acceptors (Lipinski definition) is 3. The smallest absolute Gasteiger partial charge is 0.253 e. The molecule has 1 heterocycles. The first kappa shape index (κ1) is 11.3. The minimum absolute atomic E-state index is 0.0311. The zero-order valence-electron chi connectivity index (χ0n) is 8.82. The molecule has 1 aromatic rings. The minimum atomic E-state index is 0.0311. The second kappa shape index (κ2) is 4.64. The molecule has 1 rings (SSSR count). The summed E-state index contributed by atoms with van der Waals surface area (Å²) < 4.78 is 1.70. The molecule has 0 aromatic carbocycles. The second-order valence-corrected chi connectivity index (χ2v) is 4.05. The third-order valence-corrected chi connectivity index (χ3v) is 2.76. The summed E-state index contributed by atoms with van der Waals surface area (Å²) in [6.45, 7) is 6.46. The first-order chi connectivity index (χ1) is 6.54. The molecule has 0 fully saturated rings. The van der Waals surface area contributed by atoms with E-state index in [1.807, 2.05) is 13.8 Å². The van der Waals surface area contributed by atoms with Gasteiger partial charge in [0.2, 0.25) is 0 Å². The van der Waals surface area contributed by atoms with Crippen molar-refractivity contribution in [3.05, 3.63) is 27.9 Å². The van der Waals surface area contributed by atoms with Crippen LogP contribution in [-0.2, 0) is 6.54 Å². The van der Waals surface area contributed by atoms with E-state index in [2.05, 4.69) is 24.5 Å². The quantitative estimate of drug-likeness (QED) is 0.769. The largest absolute Gasteiger partial charge is 0.297 e. The average Bonchev–Trinajstić information content (AvgIpc) is 2.10. The molecule has 1 unspecified atom stereocenters. The van der Waals surface area contributed by atoms with E-state index in [0.717, 1.165) is 17.3 Å². The van der Waals surface area contributed by atoms with Crippen molar-refractivity contribution in [2.24, 2.45) is 5.92 Å². The van der Waals surface area contributed by atoms with E-state index in [-0.39, 0.29) is 5.56 Å². The topological polar surface area (TPSA) is 34.9 Å². The lowest BCUT2D eigenvalue weighted by atomic mass is 10.2. The molecular weight excluding hydrogens is 196 g/mol. The molecule has 14 heavy (non-hydrogen) atoms. The molecular formula is C10H16N2OS. The lowest BCUT2D eigenvalue weighted by Gasteiger charge is -2.13. The average molecular weight is 212 g/mol. The summed E-state index contributed by atoms with van der Waals surface area (Å²) in [6.07, 6.45) is 0. The third kappa shape index (κ3) is 2.61. The Morgan fingerprint density at radius 3 is 2.71 bits per heavy atom. The van der Waals surface area contributed by atoms with Gasteiger partial charge in [0, 0.05) is 18.3 Å². The molecule has 1 aromatic heterocycles. The molecule has 0 N–H and O–H groups in total. The maximum Gasteiger partial charge on any atom is 0.253 e. The van der Waals surface area contributed by atoms with Gasteiger partial charge in [-0.2, -0.15) is 12.6 Å². The molecule has 0 bridgehead atoms. The van der Waals surface area contributed by atoms with Crippen molar-refractivity contribution >= 4 is 12.6 Å². The van der Waals surface area contributed by atoms with E-state index >= 15 is 0 Å². The molecule has 0 saturated carbocycles. The van der Waals surface area contributed by atoms with Gasteiger partial charge in [0.05, 0.1) is 0 Å². The fourth-order valence-corrected chi connectivity index (χ4v) is 1.47. The van der Waals surface area contributed by atoms with Gasteiger partial charge in [-0.1, -0.05) is 6.92 Å². The molecule has 0 spiro atoms. The van der Waals surface area contributed by atoms with Crippen molar-refractivity contribution in [1.82, 2.24) is 9.55 Å². The first-order valence-electron chi connectivity index (χ1n) is 4.70. The standard InChI is InChI=1S/C10H16N2OS/c1-7(6-14)5-12-9(3)11-8(2)4-10(12)13/h4,7,14H,5-6H2,1-3H3. The molecule has 0 amide bonds. The zero-order chi connectivity index (χ0) is 10.7. The highest BCUT2D eigenvalue weighted by Gasteiger charge is 2.06. The van der Waals surface area contributed by atoms with Crippen LogP contribution in [0.25, 0.3) is 0 Å². The van der Waals surface area contributed by atoms with Crippen LogP contribution in [0.4, 0.5) is 0 Å². The highest BCUT2D eigenvalue weighted by atomic mass is 32.1. The number of thiol groups is 1. The monoisotopic (exact) mass is 212 g/mol. The first-order valence-corrected chi connectivity index (χ1v) is 5.33. The van der Waals surface area contributed by atoms with E-state index in [1.165, 1.54) is 0 Å². The Morgan fingerprint density at radius 2 is 2.21 bits per heavy atom. The van der Waals surface area contributed by atoms with Crippen molar-refractivity contribution < 1.29 is 0 Å². The molecule has 0 aliphatic rings. The molecule has 3 nitrogen and oxygen atoms in total. The summed E-state index contributed by atoms with van der Waals surface area (Å²) in [5.41, 5.74) is 0.811. The van der Waals surface area contributed by atoms with E-state index in [1.54, 1.807) is 10.6 Å². The zero-order valence-corrected chi connectivity index (χ0v) is 9.71. The summed E-state index contributed by atoms with van der Waals surface area (Å²) in [6, 6.07) is 1.57. The highest BCUT2D eigenvalue weighted by molar-refractivity contribution is 7.80. The Hall–Kier alpha value is -0.770. The van der Waals surface area contributed by atoms with E-state index < -0.39 is 0 Å². The van der Waals surface area contributed by atoms with Crippen LogP contribution < -0.4 is 5.56 Å². The number of aromatic nitrogens is 2. The van der Waals surface area contributed by atoms with Gasteiger partial charge in [0.25, 0.3) is 5.56 Å². The molecule has 0 radical (unpaired) electrons. The van der Waals surface area contributed by atoms with E-state index in [4.69, 9.17) is 0 Å². The summed E-state index contributed by atoms with van der Waals surface area (Å²) in [5, 5.41) is 0. The van der Waals surface area contributed by atoms with Gasteiger partial charge in [0.1, 0.15) is 5.82 Å². The van der Waals surface area contributed by atoms with E-state index in [9.17, 15) is 4.79 Å². The normalized spacial score (nSPS) is 12.9. The van der Waals surface area contributed by atoms with Crippen LogP contribution in [0.15, 0.2) is 10.9 Å². The summed E-state index contributed by atoms with van der Waals surface area (Å²) in [4.78, 5) is 15.9. The van der Waals surface area contributed by atoms with Crippen LogP contribution in [0, 0.1) is 19.8 Å². The molecule has 1 atom stereocenters. The summed E-state index contributed by atoms with van der Waals surface area (Å²) in [5.74, 6) is 1.95. The number of nitrogens with zero attached hydrogens (tertiary/aromatic N) is 2. The molecule has 0 aliphatic carbocycles. The van der Waals surface area contributed by atoms with Crippen molar-refractivity contribution in [3.8, 4) is 0 Å². The maximum absolute atomic E-state index is 11.6. The van der Waals surface area contributed by atoms with Crippen LogP contribution in [0.5, 0.6) is 0 Å². The Labute approximate surface area is 89.6 Å². The van der Waals surface area contributed by atoms with Crippen LogP contribution in [0.1, 0.15) is 18.4 Å². The molecule has 0 aliphatic heterocycles. The van der Waals surface area contributed by atoms with Gasteiger partial charge in [-0.3, -0.25) is 9.36 Å². The fraction of sp³-hybridized carbons (Fsp3) is 0.600. The Balaban J connectivity index is 3.03. The van der Waals surface area contributed by atoms with Crippen molar-refractivity contribution in [3.63, 3.8) is 0 Å². The van der Waals surface area contributed by atoms with Gasteiger partial charge >= 0.3 is 0 Å². The Bertz CT molecular complexity index is 373. The van der Waals surface area contributed by atoms with Gasteiger partial charge < -0.3 is 0 Å². The Kier molecular flexibility index (Phi) is 3.75. The number of rotatable bonds is 3.